The van der Waals surface area contributed by atoms with E-state index in [0.29, 0.717) is 19.4 Å². The Labute approximate surface area is 137 Å². The molecule has 2 rings (SSSR count). The van der Waals surface area contributed by atoms with Gasteiger partial charge in [0, 0.05) is 12.1 Å². The topological polar surface area (TPSA) is 86.7 Å². The number of benzene rings is 1. The van der Waals surface area contributed by atoms with Gasteiger partial charge < -0.3 is 5.11 Å². The summed E-state index contributed by atoms with van der Waals surface area (Å²) < 4.78 is 27.5. The minimum atomic E-state index is -3.52. The SMILES string of the molecule is CCN(CC(=O)O)C1CC(NS(=O)(=O)c2ccc(C)c(C)c2)C1. The summed E-state index contributed by atoms with van der Waals surface area (Å²) in [6.45, 7) is 6.39. The maximum Gasteiger partial charge on any atom is 0.317 e. The van der Waals surface area contributed by atoms with Crippen molar-refractivity contribution in [2.24, 2.45) is 0 Å². The highest BCUT2D eigenvalue weighted by atomic mass is 32.2. The van der Waals surface area contributed by atoms with Gasteiger partial charge in [-0.15, -0.1) is 0 Å². The highest BCUT2D eigenvalue weighted by Gasteiger charge is 2.36. The molecule has 0 bridgehead atoms. The number of carboxylic acids is 1. The lowest BCUT2D eigenvalue weighted by Crippen LogP contribution is -2.54. The second-order valence-corrected chi connectivity index (χ2v) is 7.86. The summed E-state index contributed by atoms with van der Waals surface area (Å²) in [4.78, 5) is 13.0. The van der Waals surface area contributed by atoms with E-state index in [1.54, 1.807) is 18.2 Å². The number of nitrogens with zero attached hydrogens (tertiary/aromatic N) is 1. The van der Waals surface area contributed by atoms with Crippen molar-refractivity contribution >= 4 is 16.0 Å². The first-order valence-electron chi connectivity index (χ1n) is 7.78. The molecule has 0 heterocycles. The summed E-state index contributed by atoms with van der Waals surface area (Å²) in [6.07, 6.45) is 1.29. The van der Waals surface area contributed by atoms with Crippen LogP contribution in [0.3, 0.4) is 0 Å². The zero-order valence-electron chi connectivity index (χ0n) is 13.7. The molecule has 0 aliphatic heterocycles. The molecule has 1 aliphatic rings. The lowest BCUT2D eigenvalue weighted by atomic mass is 9.86. The molecule has 128 valence electrons. The van der Waals surface area contributed by atoms with Crippen LogP contribution in [0.4, 0.5) is 0 Å². The number of hydrogen-bond acceptors (Lipinski definition) is 4. The van der Waals surface area contributed by atoms with Crippen LogP contribution in [0.1, 0.15) is 30.9 Å². The number of aryl methyl sites for hydroxylation is 2. The number of carboxylic acid groups (broad SMARTS) is 1. The van der Waals surface area contributed by atoms with E-state index in [1.165, 1.54) is 0 Å². The summed E-state index contributed by atoms with van der Waals surface area (Å²) in [5, 5.41) is 8.88. The molecule has 1 aromatic carbocycles. The molecule has 0 unspecified atom stereocenters. The highest BCUT2D eigenvalue weighted by molar-refractivity contribution is 7.89. The number of carbonyl (C=O) groups is 1. The highest BCUT2D eigenvalue weighted by Crippen LogP contribution is 2.27. The van der Waals surface area contributed by atoms with Gasteiger partial charge in [0.15, 0.2) is 0 Å². The number of aliphatic carboxylic acids is 1. The molecule has 6 nitrogen and oxygen atoms in total. The molecule has 0 aromatic heterocycles. The van der Waals surface area contributed by atoms with Crippen molar-refractivity contribution in [2.45, 2.75) is 50.6 Å². The first kappa shape index (κ1) is 17.9. The average molecular weight is 340 g/mol. The third kappa shape index (κ3) is 4.31. The minimum absolute atomic E-state index is 0.00219. The Kier molecular flexibility index (Phi) is 5.44. The van der Waals surface area contributed by atoms with E-state index < -0.39 is 16.0 Å². The van der Waals surface area contributed by atoms with Gasteiger partial charge in [0.1, 0.15) is 0 Å². The number of hydrogen-bond donors (Lipinski definition) is 2. The Morgan fingerprint density at radius 1 is 1.30 bits per heavy atom. The molecule has 0 atom stereocenters. The van der Waals surface area contributed by atoms with E-state index >= 15 is 0 Å². The summed E-state index contributed by atoms with van der Waals surface area (Å²) >= 11 is 0. The molecule has 0 radical (unpaired) electrons. The van der Waals surface area contributed by atoms with Crippen LogP contribution in [0.2, 0.25) is 0 Å². The Bertz CT molecular complexity index is 681. The molecule has 2 N–H and O–H groups in total. The second kappa shape index (κ2) is 6.98. The molecule has 7 heteroatoms. The summed E-state index contributed by atoms with van der Waals surface area (Å²) in [7, 11) is -3.52. The fourth-order valence-electron chi connectivity index (χ4n) is 2.82. The third-order valence-corrected chi connectivity index (χ3v) is 6.00. The monoisotopic (exact) mass is 340 g/mol. The van der Waals surface area contributed by atoms with Crippen LogP contribution in [0.5, 0.6) is 0 Å². The van der Waals surface area contributed by atoms with E-state index in [1.807, 2.05) is 25.7 Å². The van der Waals surface area contributed by atoms with E-state index in [4.69, 9.17) is 5.11 Å². The van der Waals surface area contributed by atoms with Crippen LogP contribution in [0, 0.1) is 13.8 Å². The van der Waals surface area contributed by atoms with E-state index in [2.05, 4.69) is 4.72 Å². The van der Waals surface area contributed by atoms with Gasteiger partial charge in [0.2, 0.25) is 10.0 Å². The van der Waals surface area contributed by atoms with Crippen molar-refractivity contribution in [3.8, 4) is 0 Å². The van der Waals surface area contributed by atoms with E-state index in [0.717, 1.165) is 11.1 Å². The van der Waals surface area contributed by atoms with Crippen molar-refractivity contribution in [1.82, 2.24) is 9.62 Å². The third-order valence-electron chi connectivity index (χ3n) is 4.48. The molecular formula is C16H24N2O4S. The van der Waals surface area contributed by atoms with Crippen molar-refractivity contribution in [1.29, 1.82) is 0 Å². The fourth-order valence-corrected chi connectivity index (χ4v) is 4.17. The molecule has 1 aliphatic carbocycles. The summed E-state index contributed by atoms with van der Waals surface area (Å²) in [6, 6.07) is 5.09. The maximum absolute atomic E-state index is 12.4. The summed E-state index contributed by atoms with van der Waals surface area (Å²) in [5.41, 5.74) is 2.00. The number of nitrogens with one attached hydrogen (secondary N) is 1. The largest absolute Gasteiger partial charge is 0.480 e. The zero-order chi connectivity index (χ0) is 17.2. The smallest absolute Gasteiger partial charge is 0.317 e. The van der Waals surface area contributed by atoms with Crippen LogP contribution < -0.4 is 4.72 Å². The van der Waals surface area contributed by atoms with Crippen LogP contribution in [0.25, 0.3) is 0 Å². The van der Waals surface area contributed by atoms with Gasteiger partial charge in [0.05, 0.1) is 11.4 Å². The second-order valence-electron chi connectivity index (χ2n) is 6.15. The van der Waals surface area contributed by atoms with Gasteiger partial charge in [-0.05, 0) is 56.5 Å². The lowest BCUT2D eigenvalue weighted by Gasteiger charge is -2.42. The maximum atomic E-state index is 12.4. The molecule has 1 saturated carbocycles. The first-order valence-corrected chi connectivity index (χ1v) is 9.26. The van der Waals surface area contributed by atoms with Crippen LogP contribution in [-0.4, -0.2) is 49.6 Å². The summed E-state index contributed by atoms with van der Waals surface area (Å²) in [5.74, 6) is -0.856. The van der Waals surface area contributed by atoms with Crippen molar-refractivity contribution in [3.63, 3.8) is 0 Å². The quantitative estimate of drug-likeness (QED) is 0.786. The first-order chi connectivity index (χ1) is 10.7. The molecule has 0 saturated heterocycles. The average Bonchev–Trinajstić information content (AvgIpc) is 2.42. The molecule has 1 aromatic rings. The Morgan fingerprint density at radius 2 is 1.96 bits per heavy atom. The molecule has 1 fully saturated rings. The predicted octanol–water partition coefficient (Wildman–Crippen LogP) is 1.52. The van der Waals surface area contributed by atoms with Gasteiger partial charge in [0.25, 0.3) is 0 Å². The number of likely N-dealkylation sites (N-methyl/N-ethyl adjacent to an activating group) is 1. The van der Waals surface area contributed by atoms with Crippen LogP contribution >= 0.6 is 0 Å². The number of sulfonamides is 1. The fraction of sp³-hybridized carbons (Fsp3) is 0.562. The van der Waals surface area contributed by atoms with Crippen molar-refractivity contribution in [3.05, 3.63) is 29.3 Å². The van der Waals surface area contributed by atoms with Gasteiger partial charge >= 0.3 is 5.97 Å². The van der Waals surface area contributed by atoms with Crippen molar-refractivity contribution < 1.29 is 18.3 Å². The molecule has 0 spiro atoms. The molecule has 23 heavy (non-hydrogen) atoms. The standard InChI is InChI=1S/C16H24N2O4S/c1-4-18(10-16(19)20)14-8-13(9-14)17-23(21,22)15-6-5-11(2)12(3)7-15/h5-7,13-14,17H,4,8-10H2,1-3H3,(H,19,20). The lowest BCUT2D eigenvalue weighted by molar-refractivity contribution is -0.139. The Morgan fingerprint density at radius 3 is 2.48 bits per heavy atom. The predicted molar refractivity (Wildman–Crippen MR) is 87.9 cm³/mol. The van der Waals surface area contributed by atoms with Crippen LogP contribution in [0.15, 0.2) is 23.1 Å². The van der Waals surface area contributed by atoms with E-state index in [-0.39, 0.29) is 23.5 Å². The molecule has 0 amide bonds. The number of rotatable bonds is 7. The van der Waals surface area contributed by atoms with E-state index in [9.17, 15) is 13.2 Å². The van der Waals surface area contributed by atoms with Gasteiger partial charge in [-0.25, -0.2) is 13.1 Å². The Balaban J connectivity index is 1.96. The van der Waals surface area contributed by atoms with Crippen molar-refractivity contribution in [2.75, 3.05) is 13.1 Å². The van der Waals surface area contributed by atoms with Gasteiger partial charge in [-0.2, -0.15) is 0 Å². The molecular weight excluding hydrogens is 316 g/mol. The van der Waals surface area contributed by atoms with Gasteiger partial charge in [-0.3, -0.25) is 9.69 Å². The van der Waals surface area contributed by atoms with Gasteiger partial charge in [-0.1, -0.05) is 13.0 Å². The normalized spacial score (nSPS) is 21.2. The zero-order valence-corrected chi connectivity index (χ0v) is 14.6. The minimum Gasteiger partial charge on any atom is -0.480 e. The van der Waals surface area contributed by atoms with Crippen LogP contribution in [-0.2, 0) is 14.8 Å². The Hall–Kier alpha value is -1.44.